The molecule has 0 aromatic heterocycles. The summed E-state index contributed by atoms with van der Waals surface area (Å²) in [6.07, 6.45) is 2.28. The van der Waals surface area contributed by atoms with Gasteiger partial charge < -0.3 is 4.74 Å². The lowest BCUT2D eigenvalue weighted by Crippen LogP contribution is -1.95. The summed E-state index contributed by atoms with van der Waals surface area (Å²) in [6, 6.07) is 18.6. The summed E-state index contributed by atoms with van der Waals surface area (Å²) < 4.78 is 5.78. The monoisotopic (exact) mass is 256 g/mol. The van der Waals surface area contributed by atoms with E-state index in [4.69, 9.17) is 4.74 Å². The lowest BCUT2D eigenvalue weighted by molar-refractivity contribution is 0.306. The molecule has 2 aromatic carbocycles. The fraction of sp³-hybridized carbons (Fsp3) is 0.333. The van der Waals surface area contributed by atoms with E-state index in [0.717, 1.165) is 12.2 Å². The van der Waals surface area contributed by atoms with Gasteiger partial charge >= 0.3 is 0 Å². The minimum Gasteiger partial charge on any atom is -0.489 e. The van der Waals surface area contributed by atoms with Crippen molar-refractivity contribution in [1.82, 2.24) is 0 Å². The Morgan fingerprint density at radius 1 is 0.842 bits per heavy atom. The third-order valence-corrected chi connectivity index (χ3v) is 2.69. The molecule has 1 heteroatoms. The Kier molecular flexibility index (Phi) is 7.41. The van der Waals surface area contributed by atoms with Crippen LogP contribution < -0.4 is 4.74 Å². The second kappa shape index (κ2) is 9.21. The molecule has 0 N–H and O–H groups in total. The summed E-state index contributed by atoms with van der Waals surface area (Å²) in [4.78, 5) is 0. The van der Waals surface area contributed by atoms with Gasteiger partial charge in [-0.25, -0.2) is 0 Å². The molecule has 0 aliphatic rings. The van der Waals surface area contributed by atoms with E-state index < -0.39 is 0 Å². The van der Waals surface area contributed by atoms with Gasteiger partial charge in [0.15, 0.2) is 0 Å². The normalized spacial score (nSPS) is 9.42. The molecule has 0 aliphatic carbocycles. The molecule has 2 rings (SSSR count). The number of rotatable bonds is 5. The maximum absolute atomic E-state index is 5.78. The molecule has 102 valence electrons. The van der Waals surface area contributed by atoms with Crippen molar-refractivity contribution < 1.29 is 4.74 Å². The molecule has 0 atom stereocenters. The van der Waals surface area contributed by atoms with Crippen LogP contribution in [0.3, 0.4) is 0 Å². The second-order valence-corrected chi connectivity index (χ2v) is 4.17. The van der Waals surface area contributed by atoms with Crippen LogP contribution in [0.25, 0.3) is 0 Å². The van der Waals surface area contributed by atoms with E-state index in [0.29, 0.717) is 6.61 Å². The highest BCUT2D eigenvalue weighted by molar-refractivity contribution is 5.29. The maximum Gasteiger partial charge on any atom is 0.120 e. The zero-order valence-corrected chi connectivity index (χ0v) is 12.2. The summed E-state index contributed by atoms with van der Waals surface area (Å²) in [5.74, 6) is 0.958. The van der Waals surface area contributed by atoms with Gasteiger partial charge in [-0.3, -0.25) is 0 Å². The van der Waals surface area contributed by atoms with Crippen LogP contribution in [-0.4, -0.2) is 0 Å². The largest absolute Gasteiger partial charge is 0.489 e. The molecule has 0 heterocycles. The minimum absolute atomic E-state index is 0.635. The Morgan fingerprint density at radius 3 is 2.21 bits per heavy atom. The number of hydrogen-bond donors (Lipinski definition) is 0. The number of ether oxygens (including phenoxy) is 1. The van der Waals surface area contributed by atoms with E-state index >= 15 is 0 Å². The Hall–Kier alpha value is -1.76. The molecule has 1 nitrogen and oxygen atoms in total. The predicted molar refractivity (Wildman–Crippen MR) is 82.6 cm³/mol. The van der Waals surface area contributed by atoms with Gasteiger partial charge in [-0.1, -0.05) is 69.7 Å². The van der Waals surface area contributed by atoms with E-state index in [9.17, 15) is 0 Å². The van der Waals surface area contributed by atoms with Gasteiger partial charge in [-0.05, 0) is 29.7 Å². The first-order valence-corrected chi connectivity index (χ1v) is 7.14. The molecule has 0 spiro atoms. The Balaban J connectivity index is 0.000000861. The number of benzene rings is 2. The summed E-state index contributed by atoms with van der Waals surface area (Å²) in [5, 5.41) is 0. The smallest absolute Gasteiger partial charge is 0.120 e. The van der Waals surface area contributed by atoms with Crippen LogP contribution in [0.15, 0.2) is 54.6 Å². The molecular formula is C18H24O. The van der Waals surface area contributed by atoms with Crippen LogP contribution in [0, 0.1) is 0 Å². The van der Waals surface area contributed by atoms with Gasteiger partial charge in [0.25, 0.3) is 0 Å². The Bertz CT molecular complexity index is 448. The average Bonchev–Trinajstić information content (AvgIpc) is 2.49. The zero-order valence-electron chi connectivity index (χ0n) is 12.2. The lowest BCUT2D eigenvalue weighted by atomic mass is 10.1. The molecule has 0 radical (unpaired) electrons. The fourth-order valence-corrected chi connectivity index (χ4v) is 1.82. The maximum atomic E-state index is 5.78. The van der Waals surface area contributed by atoms with Gasteiger partial charge in [0, 0.05) is 0 Å². The van der Waals surface area contributed by atoms with Crippen molar-refractivity contribution in [1.29, 1.82) is 0 Å². The average molecular weight is 256 g/mol. The van der Waals surface area contributed by atoms with Crippen molar-refractivity contribution in [2.24, 2.45) is 0 Å². The molecule has 19 heavy (non-hydrogen) atoms. The Morgan fingerprint density at radius 2 is 1.53 bits per heavy atom. The highest BCUT2D eigenvalue weighted by atomic mass is 16.5. The predicted octanol–water partition coefficient (Wildman–Crippen LogP) is 5.24. The van der Waals surface area contributed by atoms with Gasteiger partial charge in [0.05, 0.1) is 0 Å². The van der Waals surface area contributed by atoms with Crippen LogP contribution in [0.1, 0.15) is 38.3 Å². The topological polar surface area (TPSA) is 9.23 Å². The summed E-state index contributed by atoms with van der Waals surface area (Å²) >= 11 is 0. The van der Waals surface area contributed by atoms with E-state index in [2.05, 4.69) is 37.3 Å². The molecule has 2 aromatic rings. The van der Waals surface area contributed by atoms with Gasteiger partial charge in [-0.2, -0.15) is 0 Å². The van der Waals surface area contributed by atoms with Gasteiger partial charge in [0.2, 0.25) is 0 Å². The van der Waals surface area contributed by atoms with Crippen molar-refractivity contribution in [3.05, 3.63) is 65.7 Å². The first-order chi connectivity index (χ1) is 9.38. The van der Waals surface area contributed by atoms with E-state index in [-0.39, 0.29) is 0 Å². The van der Waals surface area contributed by atoms with Crippen molar-refractivity contribution in [3.63, 3.8) is 0 Å². The van der Waals surface area contributed by atoms with Gasteiger partial charge in [-0.15, -0.1) is 0 Å². The van der Waals surface area contributed by atoms with Crippen LogP contribution in [0.5, 0.6) is 5.75 Å². The standard InChI is InChI=1S/C16H18O.C2H6/c1-2-7-14-10-6-11-16(12-14)17-13-15-8-4-3-5-9-15;1-2/h3-6,8-12H,2,7,13H2,1H3;1-2H3. The minimum atomic E-state index is 0.635. The van der Waals surface area contributed by atoms with Crippen LogP contribution in [-0.2, 0) is 13.0 Å². The molecule has 0 bridgehead atoms. The Labute approximate surface area is 117 Å². The molecule has 0 saturated carbocycles. The van der Waals surface area contributed by atoms with Crippen molar-refractivity contribution >= 4 is 0 Å². The molecule has 0 fully saturated rings. The summed E-state index contributed by atoms with van der Waals surface area (Å²) in [7, 11) is 0. The van der Waals surface area contributed by atoms with Crippen molar-refractivity contribution in [2.45, 2.75) is 40.2 Å². The van der Waals surface area contributed by atoms with E-state index in [1.54, 1.807) is 0 Å². The van der Waals surface area contributed by atoms with E-state index in [1.807, 2.05) is 38.1 Å². The summed E-state index contributed by atoms with van der Waals surface area (Å²) in [6.45, 7) is 6.83. The second-order valence-electron chi connectivity index (χ2n) is 4.17. The zero-order chi connectivity index (χ0) is 13.9. The molecule has 0 saturated heterocycles. The fourth-order valence-electron chi connectivity index (χ4n) is 1.82. The summed E-state index contributed by atoms with van der Waals surface area (Å²) in [5.41, 5.74) is 2.55. The number of hydrogen-bond acceptors (Lipinski definition) is 1. The van der Waals surface area contributed by atoms with Crippen LogP contribution in [0.4, 0.5) is 0 Å². The molecule has 0 aliphatic heterocycles. The van der Waals surface area contributed by atoms with Crippen LogP contribution >= 0.6 is 0 Å². The van der Waals surface area contributed by atoms with E-state index in [1.165, 1.54) is 17.5 Å². The first kappa shape index (κ1) is 15.3. The quantitative estimate of drug-likeness (QED) is 0.710. The van der Waals surface area contributed by atoms with Crippen molar-refractivity contribution in [3.8, 4) is 5.75 Å². The third kappa shape index (κ3) is 5.60. The van der Waals surface area contributed by atoms with Crippen LogP contribution in [0.2, 0.25) is 0 Å². The third-order valence-electron chi connectivity index (χ3n) is 2.69. The highest BCUT2D eigenvalue weighted by Crippen LogP contribution is 2.16. The highest BCUT2D eigenvalue weighted by Gasteiger charge is 1.97. The number of aryl methyl sites for hydroxylation is 1. The lowest BCUT2D eigenvalue weighted by Gasteiger charge is -2.07. The molecule has 0 unspecified atom stereocenters. The first-order valence-electron chi connectivity index (χ1n) is 7.14. The SMILES string of the molecule is CC.CCCc1cccc(OCc2ccccc2)c1. The molecule has 0 amide bonds. The molecular weight excluding hydrogens is 232 g/mol. The van der Waals surface area contributed by atoms with Crippen molar-refractivity contribution in [2.75, 3.05) is 0 Å². The van der Waals surface area contributed by atoms with Gasteiger partial charge in [0.1, 0.15) is 12.4 Å².